The van der Waals surface area contributed by atoms with Crippen LogP contribution in [0.2, 0.25) is 5.02 Å². The van der Waals surface area contributed by atoms with Crippen molar-refractivity contribution in [2.24, 2.45) is 7.05 Å². The highest BCUT2D eigenvalue weighted by Crippen LogP contribution is 2.46. The summed E-state index contributed by atoms with van der Waals surface area (Å²) in [5, 5.41) is 2.69. The van der Waals surface area contributed by atoms with E-state index in [4.69, 9.17) is 11.6 Å². The molecule has 1 fully saturated rings. The number of hydrogen-bond donors (Lipinski definition) is 3. The molecule has 2 aromatic rings. The Morgan fingerprint density at radius 2 is 2.00 bits per heavy atom. The average Bonchev–Trinajstić information content (AvgIpc) is 2.86. The van der Waals surface area contributed by atoms with E-state index in [0.29, 0.717) is 35.5 Å². The highest BCUT2D eigenvalue weighted by atomic mass is 35.5. The summed E-state index contributed by atoms with van der Waals surface area (Å²) < 4.78 is 59.5. The first-order valence-electron chi connectivity index (χ1n) is 8.72. The number of amides is 1. The fourth-order valence-corrected chi connectivity index (χ4v) is 4.20. The van der Waals surface area contributed by atoms with E-state index in [9.17, 15) is 22.4 Å². The van der Waals surface area contributed by atoms with Crippen LogP contribution in [0.15, 0.2) is 24.4 Å². The van der Waals surface area contributed by atoms with E-state index in [0.717, 1.165) is 0 Å². The first-order valence-corrected chi connectivity index (χ1v) is 9.91. The van der Waals surface area contributed by atoms with Crippen molar-refractivity contribution in [1.29, 1.82) is 0 Å². The van der Waals surface area contributed by atoms with E-state index in [-0.39, 0.29) is 29.4 Å². The lowest BCUT2D eigenvalue weighted by atomic mass is 9.77. The monoisotopic (exact) mass is 450 g/mol. The second-order valence-electron chi connectivity index (χ2n) is 6.97. The molecule has 1 amide bonds. The number of nitrogens with one attached hydrogen (secondary N) is 3. The molecule has 1 aliphatic rings. The molecule has 3 N–H and O–H groups in total. The Kier molecular flexibility index (Phi) is 6.07. The first kappa shape index (κ1) is 21.8. The van der Waals surface area contributed by atoms with Gasteiger partial charge in [0, 0.05) is 31.1 Å². The highest BCUT2D eigenvalue weighted by Gasteiger charge is 2.58. The van der Waals surface area contributed by atoms with Crippen molar-refractivity contribution >= 4 is 41.0 Å². The zero-order valence-corrected chi connectivity index (χ0v) is 17.2. The van der Waals surface area contributed by atoms with Gasteiger partial charge in [-0.05, 0) is 49.9 Å². The second-order valence-corrected chi connectivity index (χ2v) is 7.96. The molecule has 1 heterocycles. The van der Waals surface area contributed by atoms with Crippen molar-refractivity contribution in [2.75, 3.05) is 10.0 Å². The number of nitrogens with zero attached hydrogens (tertiary/aromatic N) is 1. The maximum Gasteiger partial charge on any atom is 0.407 e. The van der Waals surface area contributed by atoms with Crippen LogP contribution in [-0.4, -0.2) is 22.2 Å². The van der Waals surface area contributed by atoms with E-state index >= 15 is 0 Å². The fourth-order valence-electron chi connectivity index (χ4n) is 2.99. The molecule has 1 saturated carbocycles. The standard InChI is InChI=1S/C18H19ClF4N4OS/c1-10-8-11(4-5-12(10)20)24-16(28)15-14(19)13(9-27(15)2)25-29-26-17(6-3-7-17)18(21,22)23/h4-5,8-9,25-26H,3,6-7H2,1-2H3,(H,24,28). The molecule has 5 nitrogen and oxygen atoms in total. The summed E-state index contributed by atoms with van der Waals surface area (Å²) in [7, 11) is 1.59. The van der Waals surface area contributed by atoms with Crippen LogP contribution < -0.4 is 14.8 Å². The van der Waals surface area contributed by atoms with Gasteiger partial charge in [0.15, 0.2) is 0 Å². The smallest absolute Gasteiger partial charge is 0.343 e. The maximum atomic E-state index is 13.4. The second kappa shape index (κ2) is 8.08. The lowest BCUT2D eigenvalue weighted by molar-refractivity contribution is -0.211. The number of benzene rings is 1. The van der Waals surface area contributed by atoms with Gasteiger partial charge in [-0.1, -0.05) is 11.6 Å². The number of halogens is 5. The first-order chi connectivity index (χ1) is 13.5. The zero-order chi connectivity index (χ0) is 21.4. The van der Waals surface area contributed by atoms with Crippen molar-refractivity contribution < 1.29 is 22.4 Å². The predicted molar refractivity (Wildman–Crippen MR) is 106 cm³/mol. The molecule has 0 atom stereocenters. The van der Waals surface area contributed by atoms with Crippen molar-refractivity contribution in [1.82, 2.24) is 9.29 Å². The molecule has 29 heavy (non-hydrogen) atoms. The molecule has 158 valence electrons. The number of hydrogen-bond acceptors (Lipinski definition) is 4. The van der Waals surface area contributed by atoms with Gasteiger partial charge in [-0.25, -0.2) is 9.11 Å². The molecular formula is C18H19ClF4N4OS. The van der Waals surface area contributed by atoms with Crippen molar-refractivity contribution in [2.45, 2.75) is 37.9 Å². The number of aryl methyl sites for hydroxylation is 2. The van der Waals surface area contributed by atoms with Crippen LogP contribution in [0.3, 0.4) is 0 Å². The summed E-state index contributed by atoms with van der Waals surface area (Å²) in [5.41, 5.74) is -0.726. The number of anilines is 2. The van der Waals surface area contributed by atoms with E-state index in [1.54, 1.807) is 14.0 Å². The average molecular weight is 451 g/mol. The minimum atomic E-state index is -4.35. The molecule has 0 bridgehead atoms. The summed E-state index contributed by atoms with van der Waals surface area (Å²) in [6, 6.07) is 4.15. The van der Waals surface area contributed by atoms with Crippen LogP contribution in [-0.2, 0) is 7.05 Å². The summed E-state index contributed by atoms with van der Waals surface area (Å²) in [5.74, 6) is -0.917. The Hall–Kier alpha value is -1.91. The molecule has 0 unspecified atom stereocenters. The summed E-state index contributed by atoms with van der Waals surface area (Å²) in [4.78, 5) is 12.6. The number of carbonyl (C=O) groups is 1. The van der Waals surface area contributed by atoms with Crippen molar-refractivity contribution in [3.05, 3.63) is 46.5 Å². The van der Waals surface area contributed by atoms with E-state index in [1.807, 2.05) is 0 Å². The molecule has 1 aromatic heterocycles. The molecule has 1 aromatic carbocycles. The van der Waals surface area contributed by atoms with Gasteiger partial charge in [0.2, 0.25) is 0 Å². The SMILES string of the molecule is Cc1cc(NC(=O)c2c(Cl)c(NSNC3(C(F)(F)F)CCC3)cn2C)ccc1F. The molecule has 0 saturated heterocycles. The topological polar surface area (TPSA) is 58.1 Å². The largest absolute Gasteiger partial charge is 0.407 e. The minimum Gasteiger partial charge on any atom is -0.343 e. The van der Waals surface area contributed by atoms with Crippen LogP contribution >= 0.6 is 23.7 Å². The molecule has 1 aliphatic carbocycles. The van der Waals surface area contributed by atoms with Crippen molar-refractivity contribution in [3.63, 3.8) is 0 Å². The van der Waals surface area contributed by atoms with Crippen LogP contribution in [0.4, 0.5) is 28.9 Å². The summed E-state index contributed by atoms with van der Waals surface area (Å²) in [6.45, 7) is 1.57. The minimum absolute atomic E-state index is 0.0123. The van der Waals surface area contributed by atoms with Crippen LogP contribution in [0.25, 0.3) is 0 Å². The van der Waals surface area contributed by atoms with Crippen LogP contribution in [0.1, 0.15) is 35.3 Å². The Morgan fingerprint density at radius 1 is 1.31 bits per heavy atom. The number of aromatic nitrogens is 1. The van der Waals surface area contributed by atoms with E-state index in [2.05, 4.69) is 14.8 Å². The fraction of sp³-hybridized carbons (Fsp3) is 0.389. The van der Waals surface area contributed by atoms with Gasteiger partial charge in [-0.3, -0.25) is 4.79 Å². The van der Waals surface area contributed by atoms with Crippen molar-refractivity contribution in [3.8, 4) is 0 Å². The van der Waals surface area contributed by atoms with Crippen LogP contribution in [0.5, 0.6) is 0 Å². The quantitative estimate of drug-likeness (QED) is 0.406. The normalized spacial score (nSPS) is 15.7. The Balaban J connectivity index is 1.68. The van der Waals surface area contributed by atoms with E-state index in [1.165, 1.54) is 29.0 Å². The maximum absolute atomic E-state index is 13.4. The zero-order valence-electron chi connectivity index (χ0n) is 15.6. The van der Waals surface area contributed by atoms with Gasteiger partial charge in [-0.15, -0.1) is 0 Å². The van der Waals surface area contributed by atoms with Gasteiger partial charge >= 0.3 is 6.18 Å². The Labute approximate surface area is 174 Å². The lowest BCUT2D eigenvalue weighted by Crippen LogP contribution is -2.59. The third-order valence-corrected chi connectivity index (χ3v) is 6.11. The van der Waals surface area contributed by atoms with Gasteiger partial charge in [0.05, 0.1) is 10.7 Å². The summed E-state index contributed by atoms with van der Waals surface area (Å²) >= 11 is 6.95. The van der Waals surface area contributed by atoms with Gasteiger partial charge < -0.3 is 14.6 Å². The van der Waals surface area contributed by atoms with Gasteiger partial charge in [0.25, 0.3) is 5.91 Å². The molecule has 0 radical (unpaired) electrons. The number of rotatable bonds is 6. The predicted octanol–water partition coefficient (Wildman–Crippen LogP) is 5.43. The van der Waals surface area contributed by atoms with Gasteiger partial charge in [0.1, 0.15) is 17.1 Å². The molecule has 11 heteroatoms. The Bertz CT molecular complexity index is 927. The Morgan fingerprint density at radius 3 is 2.55 bits per heavy atom. The molecule has 0 spiro atoms. The van der Waals surface area contributed by atoms with E-state index < -0.39 is 17.6 Å². The molecule has 0 aliphatic heterocycles. The number of alkyl halides is 3. The third-order valence-electron chi connectivity index (χ3n) is 4.91. The van der Waals surface area contributed by atoms with Gasteiger partial charge in [-0.2, -0.15) is 13.2 Å². The molecular weight excluding hydrogens is 432 g/mol. The third kappa shape index (κ3) is 4.34. The number of carbonyl (C=O) groups excluding carboxylic acids is 1. The summed E-state index contributed by atoms with van der Waals surface area (Å²) in [6.07, 6.45) is -2.31. The lowest BCUT2D eigenvalue weighted by Gasteiger charge is -2.43. The highest BCUT2D eigenvalue weighted by molar-refractivity contribution is 7.98. The van der Waals surface area contributed by atoms with Crippen LogP contribution in [0, 0.1) is 12.7 Å². The molecule has 3 rings (SSSR count).